The molecule has 0 atom stereocenters. The molecule has 5 rings (SSSR count). The van der Waals surface area contributed by atoms with Crippen molar-refractivity contribution in [2.45, 2.75) is 14.9 Å². The number of aromatic hydroxyl groups is 1. The maximum atomic E-state index is 8.59. The van der Waals surface area contributed by atoms with Crippen LogP contribution < -0.4 is 0 Å². The third-order valence-corrected chi connectivity index (χ3v) is 4.09. The van der Waals surface area contributed by atoms with Crippen LogP contribution in [-0.2, 0) is 31.7 Å². The van der Waals surface area contributed by atoms with Crippen LogP contribution >= 0.6 is 9.64 Å². The summed E-state index contributed by atoms with van der Waals surface area (Å²) in [7, 11) is 8.58. The summed E-state index contributed by atoms with van der Waals surface area (Å²) >= 11 is 1.33. The molecule has 8 nitrogen and oxygen atoms in total. The van der Waals surface area contributed by atoms with Gasteiger partial charge in [0, 0.05) is 63.7 Å². The van der Waals surface area contributed by atoms with Gasteiger partial charge in [-0.2, -0.15) is 0 Å². The van der Waals surface area contributed by atoms with Crippen molar-refractivity contribution < 1.29 is 22.7 Å². The zero-order chi connectivity index (χ0) is 23.9. The molecule has 187 valence electrons. The van der Waals surface area contributed by atoms with Gasteiger partial charge in [0.15, 0.2) is 11.6 Å². The molecule has 0 bridgehead atoms. The molecule has 0 aliphatic carbocycles. The zero-order valence-corrected chi connectivity index (χ0v) is 21.3. The summed E-state index contributed by atoms with van der Waals surface area (Å²) in [4.78, 5) is 20.5. The van der Waals surface area contributed by atoms with Gasteiger partial charge >= 0.3 is 27.2 Å². The summed E-state index contributed by atoms with van der Waals surface area (Å²) in [5.74, 6) is 2.06. The number of hydrogen-bond donors (Lipinski definition) is 1. The van der Waals surface area contributed by atoms with Gasteiger partial charge in [0.1, 0.15) is 17.1 Å². The van der Waals surface area contributed by atoms with Crippen molar-refractivity contribution in [3.63, 3.8) is 0 Å². The molecule has 35 heavy (non-hydrogen) atoms. The number of rotatable bonds is 2. The molecule has 0 fully saturated rings. The number of nitrogens with zero attached hydrogens (tertiary/aromatic N) is 7. The molecule has 0 aromatic carbocycles. The van der Waals surface area contributed by atoms with E-state index in [9.17, 15) is 0 Å². The van der Waals surface area contributed by atoms with Gasteiger partial charge in [-0.1, -0.05) is 27.0 Å². The van der Waals surface area contributed by atoms with Crippen LogP contribution in [0.1, 0.15) is 14.9 Å². The van der Waals surface area contributed by atoms with Gasteiger partial charge in [-0.25, -0.2) is 9.97 Å². The minimum atomic E-state index is 0. The van der Waals surface area contributed by atoms with Crippen molar-refractivity contribution in [2.75, 3.05) is 0 Å². The van der Waals surface area contributed by atoms with Gasteiger partial charge in [0.25, 0.3) is 0 Å². The summed E-state index contributed by atoms with van der Waals surface area (Å²) in [6.45, 7) is 0. The quantitative estimate of drug-likeness (QED) is 0.259. The normalized spacial score (nSPS) is 8.80. The summed E-state index contributed by atoms with van der Waals surface area (Å²) in [6, 6.07) is 14.7. The van der Waals surface area contributed by atoms with E-state index in [1.165, 1.54) is 42.1 Å². The van der Waals surface area contributed by atoms with Crippen LogP contribution in [0, 0.1) is 0 Å². The second-order valence-electron chi connectivity index (χ2n) is 6.36. The van der Waals surface area contributed by atoms with Crippen molar-refractivity contribution in [3.05, 3.63) is 98.1 Å². The molecular formula is C25H31ClN7OOs. The molecule has 0 saturated carbocycles. The van der Waals surface area contributed by atoms with Crippen LogP contribution in [0.4, 0.5) is 0 Å². The first-order valence-corrected chi connectivity index (χ1v) is 12.8. The molecule has 10 heteroatoms. The Hall–Kier alpha value is -3.40. The van der Waals surface area contributed by atoms with Crippen LogP contribution in [0.15, 0.2) is 98.1 Å². The fraction of sp³-hybridized carbons (Fsp3) is 0.160. The van der Waals surface area contributed by atoms with Crippen molar-refractivity contribution in [3.8, 4) is 28.8 Å². The number of imidazole rings is 2. The minimum absolute atomic E-state index is 0. The summed E-state index contributed by atoms with van der Waals surface area (Å²) in [6.07, 6.45) is 14.0. The van der Waals surface area contributed by atoms with Gasteiger partial charge in [-0.3, -0.25) is 15.0 Å². The molecule has 0 spiro atoms. The monoisotopic (exact) mass is 672 g/mol. The van der Waals surface area contributed by atoms with Gasteiger partial charge in [0.2, 0.25) is 0 Å². The van der Waals surface area contributed by atoms with Gasteiger partial charge < -0.3 is 14.2 Å². The molecular weight excluding hydrogens is 640 g/mol. The van der Waals surface area contributed by atoms with E-state index in [0.717, 1.165) is 23.0 Å². The van der Waals surface area contributed by atoms with Gasteiger partial charge in [0.05, 0.1) is 0 Å². The van der Waals surface area contributed by atoms with Crippen LogP contribution in [-0.4, -0.2) is 39.2 Å². The molecule has 0 saturated heterocycles. The van der Waals surface area contributed by atoms with E-state index in [0.29, 0.717) is 0 Å². The van der Waals surface area contributed by atoms with Gasteiger partial charge in [-0.15, -0.1) is 0 Å². The average Bonchev–Trinajstić information content (AvgIpc) is 3.51. The van der Waals surface area contributed by atoms with E-state index in [1.54, 1.807) is 24.8 Å². The molecule has 0 amide bonds. The van der Waals surface area contributed by atoms with Crippen molar-refractivity contribution >= 4 is 9.64 Å². The zero-order valence-electron chi connectivity index (χ0n) is 18.0. The third-order valence-electron chi connectivity index (χ3n) is 4.09. The average molecular weight is 671 g/mol. The molecule has 0 aliphatic heterocycles. The van der Waals surface area contributed by atoms with E-state index in [2.05, 4.69) is 34.6 Å². The Balaban J connectivity index is 0.000000480. The van der Waals surface area contributed by atoms with E-state index in [-0.39, 0.29) is 20.6 Å². The Morgan fingerprint density at radius 3 is 1.31 bits per heavy atom. The van der Waals surface area contributed by atoms with E-state index < -0.39 is 0 Å². The van der Waals surface area contributed by atoms with Gasteiger partial charge in [-0.05, 0) is 36.4 Å². The molecule has 0 aliphatic rings. The molecule has 5 aromatic rings. The first kappa shape index (κ1) is 31.6. The standard InChI is InChI=1S/2C9H9N3.C5H5NO.2CH4.ClH.Os/c2*1-12-7-6-11-9(12)8-4-2-3-5-10-8;7-5-1-3-6-4-2-5;;;;/h2*2-7H,1H3;1-4H,(H,6,7);2*1H4;1H;/q;;;;;;+1/p-1. The Labute approximate surface area is 221 Å². The van der Waals surface area contributed by atoms with Crippen LogP contribution in [0.25, 0.3) is 23.0 Å². The fourth-order valence-corrected chi connectivity index (χ4v) is 2.56. The van der Waals surface area contributed by atoms with Crippen LogP contribution in [0.2, 0.25) is 0 Å². The molecule has 1 N–H and O–H groups in total. The third kappa shape index (κ3) is 10.6. The number of aromatic nitrogens is 7. The predicted molar refractivity (Wildman–Crippen MR) is 138 cm³/mol. The predicted octanol–water partition coefficient (Wildman–Crippen LogP) is 5.71. The first-order chi connectivity index (χ1) is 16.1. The molecule has 0 unspecified atom stereocenters. The van der Waals surface area contributed by atoms with E-state index in [1.807, 2.05) is 72.0 Å². The second kappa shape index (κ2) is 18.0. The maximum absolute atomic E-state index is 8.59. The Morgan fingerprint density at radius 2 is 1.06 bits per heavy atom. The molecule has 5 heterocycles. The SMILES string of the molecule is C.C.Cn1ccnc1-c1ccccn1.Cn1ccnc1-c1ccccn1.Oc1ccncc1.[Cl][Os]. The number of pyridine rings is 3. The molecule has 0 radical (unpaired) electrons. The van der Waals surface area contributed by atoms with E-state index in [4.69, 9.17) is 5.11 Å². The Morgan fingerprint density at radius 1 is 0.629 bits per heavy atom. The summed E-state index contributed by atoms with van der Waals surface area (Å²) in [5, 5.41) is 8.59. The van der Waals surface area contributed by atoms with Crippen LogP contribution in [0.3, 0.4) is 0 Å². The summed E-state index contributed by atoms with van der Waals surface area (Å²) in [5.41, 5.74) is 1.81. The van der Waals surface area contributed by atoms with E-state index >= 15 is 0 Å². The Bertz CT molecular complexity index is 1090. The van der Waals surface area contributed by atoms with Crippen molar-refractivity contribution in [1.29, 1.82) is 0 Å². The fourth-order valence-electron chi connectivity index (χ4n) is 2.56. The van der Waals surface area contributed by atoms with Crippen molar-refractivity contribution in [2.24, 2.45) is 14.1 Å². The first-order valence-electron chi connectivity index (χ1n) is 9.65. The number of aryl methyl sites for hydroxylation is 2. The van der Waals surface area contributed by atoms with Crippen LogP contribution in [0.5, 0.6) is 5.75 Å². The molecule has 5 aromatic heterocycles. The number of hydrogen-bond acceptors (Lipinski definition) is 6. The van der Waals surface area contributed by atoms with Crippen molar-refractivity contribution in [1.82, 2.24) is 34.1 Å². The Kier molecular flexibility index (Phi) is 16.2. The topological polar surface area (TPSA) is 94.5 Å². The second-order valence-corrected chi connectivity index (χ2v) is 6.36. The number of halogens is 1. The summed E-state index contributed by atoms with van der Waals surface area (Å²) < 4.78 is 3.89.